The van der Waals surface area contributed by atoms with E-state index in [0.717, 1.165) is 17.8 Å². The molecule has 0 atom stereocenters. The number of hydrogen-bond donors (Lipinski definition) is 0. The van der Waals surface area contributed by atoms with Gasteiger partial charge in [-0.2, -0.15) is 0 Å². The largest absolute Gasteiger partial charge is 0.261 e. The van der Waals surface area contributed by atoms with Gasteiger partial charge in [0, 0.05) is 34.6 Å². The quantitative estimate of drug-likeness (QED) is 0.660. The first kappa shape index (κ1) is 8.17. The van der Waals surface area contributed by atoms with Gasteiger partial charge in [0.15, 0.2) is 0 Å². The van der Waals surface area contributed by atoms with Crippen molar-refractivity contribution in [3.05, 3.63) is 35.9 Å². The fraction of sp³-hybridized carbons (Fsp3) is 0.273. The molecule has 0 saturated heterocycles. The Hall–Kier alpha value is -1.44. The van der Waals surface area contributed by atoms with E-state index in [0.29, 0.717) is 0 Å². The molecule has 2 nitrogen and oxygen atoms in total. The van der Waals surface area contributed by atoms with Crippen molar-refractivity contribution in [3.63, 3.8) is 0 Å². The van der Waals surface area contributed by atoms with Crippen LogP contribution in [0.3, 0.4) is 0 Å². The summed E-state index contributed by atoms with van der Waals surface area (Å²) in [5.74, 6) is 0. The van der Waals surface area contributed by atoms with Gasteiger partial charge in [-0.05, 0) is 25.5 Å². The maximum atomic E-state index is 4.34. The lowest BCUT2D eigenvalue weighted by Gasteiger charge is -2.00. The molecule has 0 fully saturated rings. The molecule has 0 aliphatic heterocycles. The smallest absolute Gasteiger partial charge is 0.0407 e. The van der Waals surface area contributed by atoms with Crippen molar-refractivity contribution < 1.29 is 0 Å². The molecule has 0 radical (unpaired) electrons. The second-order valence-corrected chi connectivity index (χ2v) is 3.20. The Kier molecular flexibility index (Phi) is 1.97. The average Bonchev–Trinajstić information content (AvgIpc) is 2.17. The van der Waals surface area contributed by atoms with Gasteiger partial charge in [-0.1, -0.05) is 6.92 Å². The molecular formula is C11H12N2. The SMILES string of the molecule is CCc1cc2cnc(C)cc2cn1. The van der Waals surface area contributed by atoms with Gasteiger partial charge >= 0.3 is 0 Å². The lowest BCUT2D eigenvalue weighted by atomic mass is 10.1. The first-order valence-corrected chi connectivity index (χ1v) is 4.51. The van der Waals surface area contributed by atoms with E-state index in [4.69, 9.17) is 0 Å². The Bertz CT molecular complexity index is 435. The predicted octanol–water partition coefficient (Wildman–Crippen LogP) is 2.50. The molecule has 2 aromatic heterocycles. The van der Waals surface area contributed by atoms with Gasteiger partial charge in [-0.25, -0.2) is 0 Å². The second kappa shape index (κ2) is 3.13. The molecule has 0 aliphatic carbocycles. The highest BCUT2D eigenvalue weighted by molar-refractivity contribution is 5.81. The molecule has 2 rings (SSSR count). The van der Waals surface area contributed by atoms with E-state index < -0.39 is 0 Å². The Morgan fingerprint density at radius 1 is 1.08 bits per heavy atom. The van der Waals surface area contributed by atoms with Crippen molar-refractivity contribution in [2.75, 3.05) is 0 Å². The number of pyridine rings is 2. The summed E-state index contributed by atoms with van der Waals surface area (Å²) < 4.78 is 0. The van der Waals surface area contributed by atoms with E-state index >= 15 is 0 Å². The minimum atomic E-state index is 0.976. The van der Waals surface area contributed by atoms with Crippen LogP contribution in [0.4, 0.5) is 0 Å². The zero-order chi connectivity index (χ0) is 9.26. The van der Waals surface area contributed by atoms with E-state index in [1.165, 1.54) is 10.8 Å². The fourth-order valence-corrected chi connectivity index (χ4v) is 1.39. The van der Waals surface area contributed by atoms with Gasteiger partial charge in [0.25, 0.3) is 0 Å². The fourth-order valence-electron chi connectivity index (χ4n) is 1.39. The normalized spacial score (nSPS) is 10.6. The summed E-state index contributed by atoms with van der Waals surface area (Å²) in [7, 11) is 0. The monoisotopic (exact) mass is 172 g/mol. The van der Waals surface area contributed by atoms with Crippen molar-refractivity contribution in [1.29, 1.82) is 0 Å². The summed E-state index contributed by atoms with van der Waals surface area (Å²) >= 11 is 0. The van der Waals surface area contributed by atoms with E-state index in [9.17, 15) is 0 Å². The minimum absolute atomic E-state index is 0.976. The van der Waals surface area contributed by atoms with Crippen molar-refractivity contribution in [2.24, 2.45) is 0 Å². The molecule has 0 saturated carbocycles. The first-order valence-electron chi connectivity index (χ1n) is 4.51. The summed E-state index contributed by atoms with van der Waals surface area (Å²) in [5.41, 5.74) is 2.16. The van der Waals surface area contributed by atoms with Crippen molar-refractivity contribution in [2.45, 2.75) is 20.3 Å². The third kappa shape index (κ3) is 1.52. The number of nitrogens with zero attached hydrogens (tertiary/aromatic N) is 2. The number of aromatic nitrogens is 2. The summed E-state index contributed by atoms with van der Waals surface area (Å²) in [6.45, 7) is 4.10. The molecule has 0 amide bonds. The molecule has 0 N–H and O–H groups in total. The minimum Gasteiger partial charge on any atom is -0.261 e. The van der Waals surface area contributed by atoms with Gasteiger partial charge in [0.1, 0.15) is 0 Å². The van der Waals surface area contributed by atoms with E-state index in [-0.39, 0.29) is 0 Å². The number of rotatable bonds is 1. The number of hydrogen-bond acceptors (Lipinski definition) is 2. The number of fused-ring (bicyclic) bond motifs is 1. The van der Waals surface area contributed by atoms with Crippen LogP contribution < -0.4 is 0 Å². The van der Waals surface area contributed by atoms with Crippen LogP contribution in [0.2, 0.25) is 0 Å². The zero-order valence-electron chi connectivity index (χ0n) is 7.91. The molecule has 66 valence electrons. The maximum Gasteiger partial charge on any atom is 0.0407 e. The highest BCUT2D eigenvalue weighted by atomic mass is 14.7. The van der Waals surface area contributed by atoms with Gasteiger partial charge in [0.2, 0.25) is 0 Å². The summed E-state index contributed by atoms with van der Waals surface area (Å²) in [4.78, 5) is 8.59. The molecule has 2 aromatic rings. The van der Waals surface area contributed by atoms with Crippen LogP contribution in [0, 0.1) is 6.92 Å². The van der Waals surface area contributed by atoms with Gasteiger partial charge in [0.05, 0.1) is 0 Å². The highest BCUT2D eigenvalue weighted by Gasteiger charge is 1.96. The topological polar surface area (TPSA) is 25.8 Å². The van der Waals surface area contributed by atoms with Crippen LogP contribution >= 0.6 is 0 Å². The first-order chi connectivity index (χ1) is 6.29. The van der Waals surface area contributed by atoms with Crippen LogP contribution in [0.1, 0.15) is 18.3 Å². The van der Waals surface area contributed by atoms with E-state index in [2.05, 4.69) is 29.0 Å². The van der Waals surface area contributed by atoms with Crippen LogP contribution in [-0.2, 0) is 6.42 Å². The average molecular weight is 172 g/mol. The molecule has 0 bridgehead atoms. The molecule has 0 unspecified atom stereocenters. The molecule has 0 aliphatic rings. The molecule has 2 heteroatoms. The van der Waals surface area contributed by atoms with Gasteiger partial charge < -0.3 is 0 Å². The van der Waals surface area contributed by atoms with E-state index in [1.54, 1.807) is 0 Å². The Morgan fingerprint density at radius 2 is 1.77 bits per heavy atom. The summed E-state index contributed by atoms with van der Waals surface area (Å²) in [5, 5.41) is 2.35. The predicted molar refractivity (Wildman–Crippen MR) is 53.7 cm³/mol. The van der Waals surface area contributed by atoms with Crippen LogP contribution in [0.15, 0.2) is 24.5 Å². The molecule has 0 spiro atoms. The lowest BCUT2D eigenvalue weighted by molar-refractivity contribution is 1.04. The van der Waals surface area contributed by atoms with E-state index in [1.807, 2.05) is 19.3 Å². The Labute approximate surface area is 77.6 Å². The standard InChI is InChI=1S/C11H12N2/c1-3-11-5-10-6-12-8(2)4-9(10)7-13-11/h4-7H,3H2,1-2H3. The van der Waals surface area contributed by atoms with Crippen LogP contribution in [-0.4, -0.2) is 9.97 Å². The summed E-state index contributed by atoms with van der Waals surface area (Å²) in [6.07, 6.45) is 4.80. The van der Waals surface area contributed by atoms with Crippen LogP contribution in [0.25, 0.3) is 10.8 Å². The molecule has 13 heavy (non-hydrogen) atoms. The molecule has 2 heterocycles. The van der Waals surface area contributed by atoms with Crippen molar-refractivity contribution in [3.8, 4) is 0 Å². The third-order valence-corrected chi connectivity index (χ3v) is 2.16. The second-order valence-electron chi connectivity index (χ2n) is 3.20. The maximum absolute atomic E-state index is 4.34. The zero-order valence-corrected chi connectivity index (χ0v) is 7.91. The van der Waals surface area contributed by atoms with Crippen LogP contribution in [0.5, 0.6) is 0 Å². The summed E-state index contributed by atoms with van der Waals surface area (Å²) in [6, 6.07) is 4.16. The van der Waals surface area contributed by atoms with Crippen molar-refractivity contribution in [1.82, 2.24) is 9.97 Å². The van der Waals surface area contributed by atoms with Gasteiger partial charge in [-0.3, -0.25) is 9.97 Å². The Balaban J connectivity index is 2.66. The number of aryl methyl sites for hydroxylation is 2. The third-order valence-electron chi connectivity index (χ3n) is 2.16. The Morgan fingerprint density at radius 3 is 2.54 bits per heavy atom. The van der Waals surface area contributed by atoms with Crippen molar-refractivity contribution >= 4 is 10.8 Å². The van der Waals surface area contributed by atoms with Gasteiger partial charge in [-0.15, -0.1) is 0 Å². The highest BCUT2D eigenvalue weighted by Crippen LogP contribution is 2.13. The molecular weight excluding hydrogens is 160 g/mol. The molecule has 0 aromatic carbocycles. The lowest BCUT2D eigenvalue weighted by Crippen LogP contribution is -1.88.